The maximum absolute atomic E-state index is 5.27. The minimum atomic E-state index is 0.393. The molecule has 5 heteroatoms. The normalized spacial score (nSPS) is 11.9. The van der Waals surface area contributed by atoms with Crippen molar-refractivity contribution in [2.45, 2.75) is 52.5 Å². The summed E-state index contributed by atoms with van der Waals surface area (Å²) in [6.07, 6.45) is 3.63. The molecule has 0 saturated carbocycles. The van der Waals surface area contributed by atoms with Crippen LogP contribution in [0.25, 0.3) is 0 Å². The van der Waals surface area contributed by atoms with Crippen molar-refractivity contribution in [2.75, 3.05) is 13.6 Å². The number of rotatable bonds is 7. The van der Waals surface area contributed by atoms with Gasteiger partial charge in [-0.05, 0) is 12.3 Å². The molecule has 19 heavy (non-hydrogen) atoms. The summed E-state index contributed by atoms with van der Waals surface area (Å²) in [5.74, 6) is 2.03. The Balaban J connectivity index is 2.32. The van der Waals surface area contributed by atoms with E-state index in [9.17, 15) is 0 Å². The van der Waals surface area contributed by atoms with Crippen LogP contribution >= 0.6 is 0 Å². The van der Waals surface area contributed by atoms with Gasteiger partial charge in [0.15, 0.2) is 11.7 Å². The zero-order valence-corrected chi connectivity index (χ0v) is 12.5. The second-order valence-electron chi connectivity index (χ2n) is 4.93. The van der Waals surface area contributed by atoms with Gasteiger partial charge in [-0.3, -0.25) is 4.99 Å². The lowest BCUT2D eigenvalue weighted by Gasteiger charge is -2.10. The van der Waals surface area contributed by atoms with Gasteiger partial charge in [-0.1, -0.05) is 38.8 Å². The highest BCUT2D eigenvalue weighted by Crippen LogP contribution is 2.13. The third-order valence-corrected chi connectivity index (χ3v) is 2.90. The van der Waals surface area contributed by atoms with E-state index >= 15 is 0 Å². The monoisotopic (exact) mass is 266 g/mol. The zero-order chi connectivity index (χ0) is 14.1. The Hall–Kier alpha value is -1.52. The molecule has 0 saturated heterocycles. The summed E-state index contributed by atoms with van der Waals surface area (Å²) in [6, 6.07) is 1.99. The first-order valence-electron chi connectivity index (χ1n) is 7.07. The van der Waals surface area contributed by atoms with E-state index in [2.05, 4.69) is 41.6 Å². The summed E-state index contributed by atoms with van der Waals surface area (Å²) in [5.41, 5.74) is 0.989. The van der Waals surface area contributed by atoms with Crippen LogP contribution in [0.4, 0.5) is 0 Å². The molecule has 0 spiro atoms. The van der Waals surface area contributed by atoms with Crippen LogP contribution in [0.1, 0.15) is 57.4 Å². The second kappa shape index (κ2) is 8.56. The topological polar surface area (TPSA) is 62.5 Å². The molecule has 5 nitrogen and oxygen atoms in total. The van der Waals surface area contributed by atoms with Crippen LogP contribution in [0.15, 0.2) is 15.6 Å². The molecule has 0 aliphatic heterocycles. The van der Waals surface area contributed by atoms with E-state index in [1.807, 2.05) is 6.07 Å². The fourth-order valence-corrected chi connectivity index (χ4v) is 1.66. The standard InChI is InChI=1S/C14H26N4O/c1-5-6-7-8-16-14(15-4)17-10-12-9-13(11(2)3)18-19-12/h9,11H,5-8,10H2,1-4H3,(H2,15,16,17). The lowest BCUT2D eigenvalue weighted by Crippen LogP contribution is -2.37. The van der Waals surface area contributed by atoms with Crippen LogP contribution in [0.5, 0.6) is 0 Å². The first kappa shape index (κ1) is 15.5. The predicted octanol–water partition coefficient (Wildman–Crippen LogP) is 2.65. The average molecular weight is 266 g/mol. The number of aliphatic imine (C=N–C) groups is 1. The van der Waals surface area contributed by atoms with Gasteiger partial charge in [0.1, 0.15) is 0 Å². The first-order chi connectivity index (χ1) is 9.17. The summed E-state index contributed by atoms with van der Waals surface area (Å²) in [7, 11) is 1.77. The van der Waals surface area contributed by atoms with E-state index in [0.29, 0.717) is 12.5 Å². The average Bonchev–Trinajstić information content (AvgIpc) is 2.87. The van der Waals surface area contributed by atoms with E-state index in [1.54, 1.807) is 7.05 Å². The van der Waals surface area contributed by atoms with E-state index in [4.69, 9.17) is 4.52 Å². The van der Waals surface area contributed by atoms with Crippen LogP contribution < -0.4 is 10.6 Å². The first-order valence-corrected chi connectivity index (χ1v) is 7.07. The predicted molar refractivity (Wildman–Crippen MR) is 78.3 cm³/mol. The van der Waals surface area contributed by atoms with E-state index < -0.39 is 0 Å². The van der Waals surface area contributed by atoms with Gasteiger partial charge in [0, 0.05) is 19.7 Å². The molecule has 1 aromatic rings. The van der Waals surface area contributed by atoms with Gasteiger partial charge < -0.3 is 15.2 Å². The molecule has 0 bridgehead atoms. The molecule has 0 amide bonds. The Bertz CT molecular complexity index is 385. The van der Waals surface area contributed by atoms with Gasteiger partial charge in [-0.15, -0.1) is 0 Å². The van der Waals surface area contributed by atoms with Crippen molar-refractivity contribution in [1.29, 1.82) is 0 Å². The molecule has 0 aliphatic rings. The molecule has 0 aromatic carbocycles. The Morgan fingerprint density at radius 3 is 2.74 bits per heavy atom. The van der Waals surface area contributed by atoms with Crippen molar-refractivity contribution in [3.05, 3.63) is 17.5 Å². The minimum absolute atomic E-state index is 0.393. The fourth-order valence-electron chi connectivity index (χ4n) is 1.66. The second-order valence-corrected chi connectivity index (χ2v) is 4.93. The van der Waals surface area contributed by atoms with Gasteiger partial charge >= 0.3 is 0 Å². The molecule has 1 aromatic heterocycles. The van der Waals surface area contributed by atoms with Crippen molar-refractivity contribution in [3.63, 3.8) is 0 Å². The van der Waals surface area contributed by atoms with Crippen LogP contribution in [0, 0.1) is 0 Å². The fraction of sp³-hybridized carbons (Fsp3) is 0.714. The third kappa shape index (κ3) is 5.77. The zero-order valence-electron chi connectivity index (χ0n) is 12.5. The highest BCUT2D eigenvalue weighted by Gasteiger charge is 2.07. The van der Waals surface area contributed by atoms with Crippen LogP contribution in [-0.4, -0.2) is 24.7 Å². The quantitative estimate of drug-likeness (QED) is 0.452. The Kier molecular flexibility index (Phi) is 7.00. The van der Waals surface area contributed by atoms with Gasteiger partial charge in [-0.25, -0.2) is 0 Å². The summed E-state index contributed by atoms with van der Waals surface area (Å²) < 4.78 is 5.27. The molecule has 1 rings (SSSR count). The Morgan fingerprint density at radius 2 is 2.16 bits per heavy atom. The number of guanidine groups is 1. The van der Waals surface area contributed by atoms with Crippen molar-refractivity contribution >= 4 is 5.96 Å². The lowest BCUT2D eigenvalue weighted by atomic mass is 10.1. The van der Waals surface area contributed by atoms with Crippen LogP contribution in [-0.2, 0) is 6.54 Å². The van der Waals surface area contributed by atoms with Crippen LogP contribution in [0.3, 0.4) is 0 Å². The molecule has 0 aliphatic carbocycles. The van der Waals surface area contributed by atoms with Gasteiger partial charge in [-0.2, -0.15) is 0 Å². The molecule has 1 heterocycles. The molecule has 108 valence electrons. The summed E-state index contributed by atoms with van der Waals surface area (Å²) in [6.45, 7) is 7.95. The maximum Gasteiger partial charge on any atom is 0.191 e. The number of unbranched alkanes of at least 4 members (excludes halogenated alkanes) is 2. The SMILES string of the molecule is CCCCCNC(=NC)NCc1cc(C(C)C)no1. The van der Waals surface area contributed by atoms with Gasteiger partial charge in [0.05, 0.1) is 12.2 Å². The number of nitrogens with one attached hydrogen (secondary N) is 2. The highest BCUT2D eigenvalue weighted by atomic mass is 16.5. The molecular weight excluding hydrogens is 240 g/mol. The van der Waals surface area contributed by atoms with E-state index in [0.717, 1.165) is 30.4 Å². The third-order valence-electron chi connectivity index (χ3n) is 2.90. The van der Waals surface area contributed by atoms with Crippen molar-refractivity contribution < 1.29 is 4.52 Å². The number of hydrogen-bond donors (Lipinski definition) is 2. The van der Waals surface area contributed by atoms with Crippen LogP contribution in [0.2, 0.25) is 0 Å². The smallest absolute Gasteiger partial charge is 0.191 e. The van der Waals surface area contributed by atoms with Crippen molar-refractivity contribution in [2.24, 2.45) is 4.99 Å². The largest absolute Gasteiger partial charge is 0.359 e. The molecule has 0 unspecified atom stereocenters. The van der Waals surface area contributed by atoms with E-state index in [-0.39, 0.29) is 0 Å². The summed E-state index contributed by atoms with van der Waals surface area (Å²) in [4.78, 5) is 4.18. The van der Waals surface area contributed by atoms with Crippen molar-refractivity contribution in [1.82, 2.24) is 15.8 Å². The van der Waals surface area contributed by atoms with Gasteiger partial charge in [0.25, 0.3) is 0 Å². The summed E-state index contributed by atoms with van der Waals surface area (Å²) >= 11 is 0. The molecule has 0 fully saturated rings. The molecule has 0 radical (unpaired) electrons. The number of hydrogen-bond acceptors (Lipinski definition) is 3. The molecular formula is C14H26N4O. The van der Waals surface area contributed by atoms with Crippen molar-refractivity contribution in [3.8, 4) is 0 Å². The van der Waals surface area contributed by atoms with E-state index in [1.165, 1.54) is 12.8 Å². The summed E-state index contributed by atoms with van der Waals surface area (Å²) in [5, 5.41) is 10.5. The molecule has 0 atom stereocenters. The number of nitrogens with zero attached hydrogens (tertiary/aromatic N) is 2. The lowest BCUT2D eigenvalue weighted by molar-refractivity contribution is 0.372. The minimum Gasteiger partial charge on any atom is -0.359 e. The highest BCUT2D eigenvalue weighted by molar-refractivity contribution is 5.79. The molecule has 2 N–H and O–H groups in total. The maximum atomic E-state index is 5.27. The Labute approximate surface area is 115 Å². The number of aromatic nitrogens is 1. The Morgan fingerprint density at radius 1 is 1.37 bits per heavy atom. The van der Waals surface area contributed by atoms with Gasteiger partial charge in [0.2, 0.25) is 0 Å².